The zero-order valence-corrected chi connectivity index (χ0v) is 20.0. The predicted molar refractivity (Wildman–Crippen MR) is 121 cm³/mol. The molecule has 1 aromatic rings. The van der Waals surface area contributed by atoms with Gasteiger partial charge in [-0.3, -0.25) is 4.18 Å². The maximum absolute atomic E-state index is 12.5. The molecule has 0 aromatic heterocycles. The molecule has 0 aliphatic carbocycles. The number of thioether (sulfide) groups is 1. The number of nitrogens with zero attached hydrogens (tertiary/aromatic N) is 1. The van der Waals surface area contributed by atoms with E-state index in [1.807, 2.05) is 13.2 Å². The summed E-state index contributed by atoms with van der Waals surface area (Å²) in [5, 5.41) is 2.77. The fourth-order valence-corrected chi connectivity index (χ4v) is 4.78. The zero-order valence-electron chi connectivity index (χ0n) is 18.3. The number of rotatable bonds is 10. The van der Waals surface area contributed by atoms with Gasteiger partial charge in [-0.15, -0.1) is 0 Å². The number of amides is 2. The number of methoxy groups -OCH3 is 1. The van der Waals surface area contributed by atoms with Crippen molar-refractivity contribution in [1.29, 1.82) is 0 Å². The minimum atomic E-state index is -3.75. The Morgan fingerprint density at radius 2 is 1.87 bits per heavy atom. The van der Waals surface area contributed by atoms with E-state index in [0.29, 0.717) is 25.9 Å². The lowest BCUT2D eigenvalue weighted by Crippen LogP contribution is -2.50. The smallest absolute Gasteiger partial charge is 0.328 e. The van der Waals surface area contributed by atoms with Gasteiger partial charge in [0, 0.05) is 13.1 Å². The number of esters is 1. The lowest BCUT2D eigenvalue weighted by Gasteiger charge is -2.32. The molecule has 1 fully saturated rings. The number of likely N-dealkylation sites (tertiary alicyclic amines) is 1. The summed E-state index contributed by atoms with van der Waals surface area (Å²) >= 11 is 1.60. The fourth-order valence-electron chi connectivity index (χ4n) is 3.39. The highest BCUT2D eigenvalue weighted by Gasteiger charge is 2.27. The van der Waals surface area contributed by atoms with Gasteiger partial charge in [0.25, 0.3) is 10.1 Å². The van der Waals surface area contributed by atoms with Gasteiger partial charge in [-0.25, -0.2) is 9.59 Å². The van der Waals surface area contributed by atoms with E-state index in [4.69, 9.17) is 8.92 Å². The summed E-state index contributed by atoms with van der Waals surface area (Å²) in [6.07, 6.45) is 4.59. The van der Waals surface area contributed by atoms with E-state index in [-0.39, 0.29) is 23.5 Å². The molecule has 1 heterocycles. The van der Waals surface area contributed by atoms with Crippen molar-refractivity contribution in [2.45, 2.75) is 43.5 Å². The van der Waals surface area contributed by atoms with Crippen LogP contribution >= 0.6 is 11.8 Å². The second-order valence-corrected chi connectivity index (χ2v) is 10.2. The number of urea groups is 1. The average Bonchev–Trinajstić information content (AvgIpc) is 2.76. The molecule has 1 saturated heterocycles. The summed E-state index contributed by atoms with van der Waals surface area (Å²) in [7, 11) is -2.44. The molecule has 8 nitrogen and oxygen atoms in total. The van der Waals surface area contributed by atoms with Crippen LogP contribution in [0.4, 0.5) is 4.79 Å². The molecule has 1 aromatic carbocycles. The van der Waals surface area contributed by atoms with Crippen molar-refractivity contribution in [3.05, 3.63) is 29.8 Å². The molecule has 0 spiro atoms. The van der Waals surface area contributed by atoms with Gasteiger partial charge in [0.05, 0.1) is 18.6 Å². The first-order valence-corrected chi connectivity index (χ1v) is 13.2. The van der Waals surface area contributed by atoms with Crippen LogP contribution < -0.4 is 5.32 Å². The van der Waals surface area contributed by atoms with Crippen LogP contribution in [0.15, 0.2) is 29.2 Å². The summed E-state index contributed by atoms with van der Waals surface area (Å²) in [4.78, 5) is 26.2. The molecule has 2 amide bonds. The third-order valence-corrected chi connectivity index (χ3v) is 7.34. The highest BCUT2D eigenvalue weighted by Crippen LogP contribution is 2.22. The normalized spacial score (nSPS) is 16.0. The van der Waals surface area contributed by atoms with Crippen LogP contribution in [0, 0.1) is 12.8 Å². The minimum absolute atomic E-state index is 0.117. The molecular weight excluding hydrogens is 440 g/mol. The topological polar surface area (TPSA) is 102 Å². The largest absolute Gasteiger partial charge is 0.467 e. The van der Waals surface area contributed by atoms with Gasteiger partial charge >= 0.3 is 12.0 Å². The number of nitrogens with one attached hydrogen (secondary N) is 1. The standard InChI is InChI=1S/C21H32N2O6S2/c1-16-4-6-18(7-5-16)31(26,27)29-14-10-17-8-12-23(13-9-17)21(25)22-19(11-15-30-3)20(24)28-2/h4-7,17,19H,8-15H2,1-3H3,(H,22,25). The number of ether oxygens (including phenoxy) is 1. The minimum Gasteiger partial charge on any atom is -0.467 e. The van der Waals surface area contributed by atoms with E-state index >= 15 is 0 Å². The molecule has 1 N–H and O–H groups in total. The number of hydrogen-bond donors (Lipinski definition) is 1. The average molecular weight is 473 g/mol. The monoisotopic (exact) mass is 472 g/mol. The molecule has 0 saturated carbocycles. The molecule has 1 atom stereocenters. The van der Waals surface area contributed by atoms with Crippen molar-refractivity contribution in [3.8, 4) is 0 Å². The maximum atomic E-state index is 12.5. The van der Waals surface area contributed by atoms with Crippen LogP contribution in [0.5, 0.6) is 0 Å². The van der Waals surface area contributed by atoms with Crippen LogP contribution in [-0.4, -0.2) is 70.2 Å². The van der Waals surface area contributed by atoms with Crippen molar-refractivity contribution in [2.24, 2.45) is 5.92 Å². The summed E-state index contributed by atoms with van der Waals surface area (Å²) in [5.74, 6) is 0.586. The van der Waals surface area contributed by atoms with Crippen LogP contribution in [0.25, 0.3) is 0 Å². The highest BCUT2D eigenvalue weighted by molar-refractivity contribution is 7.98. The van der Waals surface area contributed by atoms with Crippen LogP contribution in [0.2, 0.25) is 0 Å². The summed E-state index contributed by atoms with van der Waals surface area (Å²) < 4.78 is 34.5. The summed E-state index contributed by atoms with van der Waals surface area (Å²) in [5.41, 5.74) is 0.983. The Labute approximate surface area is 189 Å². The van der Waals surface area contributed by atoms with E-state index in [1.54, 1.807) is 40.9 Å². The van der Waals surface area contributed by atoms with Crippen molar-refractivity contribution in [2.75, 3.05) is 38.8 Å². The number of carbonyl (C=O) groups excluding carboxylic acids is 2. The van der Waals surface area contributed by atoms with Gasteiger partial charge < -0.3 is 15.0 Å². The molecule has 1 unspecified atom stereocenters. The van der Waals surface area contributed by atoms with E-state index in [9.17, 15) is 18.0 Å². The first-order valence-electron chi connectivity index (χ1n) is 10.3. The summed E-state index contributed by atoms with van der Waals surface area (Å²) in [6, 6.07) is 5.65. The van der Waals surface area contributed by atoms with E-state index < -0.39 is 22.1 Å². The molecule has 0 bridgehead atoms. The Balaban J connectivity index is 1.75. The Bertz CT molecular complexity index is 821. The Kier molecular flexibility index (Phi) is 10.1. The number of aryl methyl sites for hydroxylation is 1. The van der Waals surface area contributed by atoms with Crippen molar-refractivity contribution in [1.82, 2.24) is 10.2 Å². The van der Waals surface area contributed by atoms with E-state index in [1.165, 1.54) is 7.11 Å². The molecule has 0 radical (unpaired) electrons. The number of benzene rings is 1. The van der Waals surface area contributed by atoms with E-state index in [0.717, 1.165) is 24.2 Å². The zero-order chi connectivity index (χ0) is 22.9. The maximum Gasteiger partial charge on any atom is 0.328 e. The second kappa shape index (κ2) is 12.3. The molecular formula is C21H32N2O6S2. The molecule has 1 aliphatic rings. The van der Waals surface area contributed by atoms with E-state index in [2.05, 4.69) is 5.32 Å². The Hall–Kier alpha value is -1.78. The number of carbonyl (C=O) groups is 2. The van der Waals surface area contributed by atoms with Gasteiger partial charge in [0.15, 0.2) is 0 Å². The van der Waals surface area contributed by atoms with Gasteiger partial charge in [-0.2, -0.15) is 20.2 Å². The van der Waals surface area contributed by atoms with Gasteiger partial charge in [0.1, 0.15) is 6.04 Å². The third-order valence-electron chi connectivity index (χ3n) is 5.37. The molecule has 10 heteroatoms. The van der Waals surface area contributed by atoms with Gasteiger partial charge in [0.2, 0.25) is 0 Å². The van der Waals surface area contributed by atoms with Crippen LogP contribution in [0.3, 0.4) is 0 Å². The SMILES string of the molecule is COC(=O)C(CCSC)NC(=O)N1CCC(CCOS(=O)(=O)c2ccc(C)cc2)CC1. The third kappa shape index (κ3) is 8.01. The first-order chi connectivity index (χ1) is 14.8. The first kappa shape index (κ1) is 25.5. The van der Waals surface area contributed by atoms with Crippen molar-refractivity contribution < 1.29 is 26.9 Å². The molecule has 2 rings (SSSR count). The Morgan fingerprint density at radius 3 is 2.45 bits per heavy atom. The van der Waals surface area contributed by atoms with Crippen molar-refractivity contribution in [3.63, 3.8) is 0 Å². The number of hydrogen-bond acceptors (Lipinski definition) is 7. The Morgan fingerprint density at radius 1 is 1.23 bits per heavy atom. The van der Waals surface area contributed by atoms with Gasteiger partial charge in [-0.1, -0.05) is 17.7 Å². The quantitative estimate of drug-likeness (QED) is 0.413. The second-order valence-electron chi connectivity index (χ2n) is 7.61. The fraction of sp³-hybridized carbons (Fsp3) is 0.619. The lowest BCUT2D eigenvalue weighted by atomic mass is 9.94. The number of piperidine rings is 1. The van der Waals surface area contributed by atoms with Crippen molar-refractivity contribution >= 4 is 33.9 Å². The lowest BCUT2D eigenvalue weighted by molar-refractivity contribution is -0.142. The molecule has 1 aliphatic heterocycles. The predicted octanol–water partition coefficient (Wildman–Crippen LogP) is 2.81. The summed E-state index contributed by atoms with van der Waals surface area (Å²) in [6.45, 7) is 3.12. The van der Waals surface area contributed by atoms with Gasteiger partial charge in [-0.05, 0) is 62.7 Å². The molecule has 174 valence electrons. The highest BCUT2D eigenvalue weighted by atomic mass is 32.2. The molecule has 31 heavy (non-hydrogen) atoms. The van der Waals surface area contributed by atoms with Crippen LogP contribution in [0.1, 0.15) is 31.2 Å². The van der Waals surface area contributed by atoms with Crippen LogP contribution in [-0.2, 0) is 23.8 Å².